The van der Waals surface area contributed by atoms with E-state index in [-0.39, 0.29) is 5.91 Å². The van der Waals surface area contributed by atoms with Crippen molar-refractivity contribution in [3.05, 3.63) is 76.4 Å². The molecule has 3 aromatic rings. The number of carbonyl (C=O) groups excluding carboxylic acids is 1. The number of benzene rings is 2. The largest absolute Gasteiger partial charge is 0.396 e. The minimum absolute atomic E-state index is 0.282. The van der Waals surface area contributed by atoms with Gasteiger partial charge in [0.25, 0.3) is 5.91 Å². The molecule has 0 aliphatic heterocycles. The molecule has 0 fully saturated rings. The average molecular weight is 373 g/mol. The summed E-state index contributed by atoms with van der Waals surface area (Å²) in [6.07, 6.45) is 1.64. The molecule has 5 nitrogen and oxygen atoms in total. The van der Waals surface area contributed by atoms with Crippen molar-refractivity contribution in [2.75, 3.05) is 16.4 Å². The van der Waals surface area contributed by atoms with Crippen LogP contribution in [0.5, 0.6) is 0 Å². The van der Waals surface area contributed by atoms with Crippen molar-refractivity contribution >= 4 is 52.0 Å². The van der Waals surface area contributed by atoms with Gasteiger partial charge in [-0.2, -0.15) is 0 Å². The molecule has 0 saturated heterocycles. The lowest BCUT2D eigenvalue weighted by atomic mass is 10.1. The van der Waals surface area contributed by atoms with Crippen LogP contribution in [0.15, 0.2) is 60.8 Å². The summed E-state index contributed by atoms with van der Waals surface area (Å²) in [6.45, 7) is 0. The van der Waals surface area contributed by atoms with Gasteiger partial charge in [0, 0.05) is 33.2 Å². The van der Waals surface area contributed by atoms with Crippen LogP contribution in [0.4, 0.5) is 22.9 Å². The fourth-order valence-corrected chi connectivity index (χ4v) is 2.75. The van der Waals surface area contributed by atoms with Gasteiger partial charge in [-0.15, -0.1) is 0 Å². The molecule has 2 aromatic carbocycles. The van der Waals surface area contributed by atoms with Gasteiger partial charge in [-0.25, -0.2) is 4.98 Å². The third-order valence-electron chi connectivity index (χ3n) is 3.35. The normalized spacial score (nSPS) is 10.3. The number of aromatic nitrogens is 1. The van der Waals surface area contributed by atoms with Crippen LogP contribution in [0.2, 0.25) is 10.0 Å². The third-order valence-corrected chi connectivity index (χ3v) is 3.78. The Labute approximate surface area is 154 Å². The molecule has 0 atom stereocenters. The highest BCUT2D eigenvalue weighted by Gasteiger charge is 2.09. The first-order valence-electron chi connectivity index (χ1n) is 7.36. The van der Waals surface area contributed by atoms with Gasteiger partial charge in [-0.05, 0) is 48.5 Å². The van der Waals surface area contributed by atoms with Crippen molar-refractivity contribution in [3.8, 4) is 0 Å². The minimum atomic E-state index is -0.282. The summed E-state index contributed by atoms with van der Waals surface area (Å²) in [5.74, 6) is 0.248. The molecule has 126 valence electrons. The highest BCUT2D eigenvalue weighted by atomic mass is 35.5. The Hall–Kier alpha value is -2.76. The Kier molecular flexibility index (Phi) is 5.07. The smallest absolute Gasteiger partial charge is 0.255 e. The van der Waals surface area contributed by atoms with E-state index in [1.165, 1.54) is 0 Å². The quantitative estimate of drug-likeness (QED) is 0.604. The molecule has 0 radical (unpaired) electrons. The fraction of sp³-hybridized carbons (Fsp3) is 0. The summed E-state index contributed by atoms with van der Waals surface area (Å²) < 4.78 is 0. The van der Waals surface area contributed by atoms with E-state index in [0.29, 0.717) is 38.5 Å². The summed E-state index contributed by atoms with van der Waals surface area (Å²) in [4.78, 5) is 16.6. The predicted octanol–water partition coefficient (Wildman–Crippen LogP) is 4.97. The number of rotatable bonds is 4. The Bertz CT molecular complexity index is 910. The molecule has 3 rings (SSSR count). The Balaban J connectivity index is 1.78. The summed E-state index contributed by atoms with van der Waals surface area (Å²) in [6, 6.07) is 15.3. The van der Waals surface area contributed by atoms with Crippen LogP contribution in [-0.2, 0) is 0 Å². The van der Waals surface area contributed by atoms with Gasteiger partial charge in [0.1, 0.15) is 0 Å². The molecular formula is C18H14Cl2N4O. The second kappa shape index (κ2) is 7.42. The highest BCUT2D eigenvalue weighted by Crippen LogP contribution is 2.24. The SMILES string of the molecule is Nc1cccnc1Nc1cccc(C(=O)Nc2cc(Cl)cc(Cl)c2)c1. The number of amides is 1. The highest BCUT2D eigenvalue weighted by molar-refractivity contribution is 6.35. The second-order valence-electron chi connectivity index (χ2n) is 5.26. The minimum Gasteiger partial charge on any atom is -0.396 e. The van der Waals surface area contributed by atoms with Crippen molar-refractivity contribution in [3.63, 3.8) is 0 Å². The van der Waals surface area contributed by atoms with Gasteiger partial charge < -0.3 is 16.4 Å². The zero-order chi connectivity index (χ0) is 17.8. The maximum atomic E-state index is 12.4. The van der Waals surface area contributed by atoms with E-state index in [9.17, 15) is 4.79 Å². The van der Waals surface area contributed by atoms with Crippen molar-refractivity contribution < 1.29 is 4.79 Å². The molecule has 0 spiro atoms. The van der Waals surface area contributed by atoms with Crippen molar-refractivity contribution in [2.24, 2.45) is 0 Å². The van der Waals surface area contributed by atoms with Crippen LogP contribution in [-0.4, -0.2) is 10.9 Å². The number of nitrogen functional groups attached to an aromatic ring is 1. The molecule has 0 aliphatic carbocycles. The number of nitrogens with zero attached hydrogens (tertiary/aromatic N) is 1. The van der Waals surface area contributed by atoms with E-state index in [2.05, 4.69) is 15.6 Å². The average Bonchev–Trinajstić information content (AvgIpc) is 2.56. The van der Waals surface area contributed by atoms with E-state index < -0.39 is 0 Å². The number of nitrogens with two attached hydrogens (primary N) is 1. The summed E-state index contributed by atoms with van der Waals surface area (Å²) in [7, 11) is 0. The maximum absolute atomic E-state index is 12.4. The molecule has 0 bridgehead atoms. The van der Waals surface area contributed by atoms with Gasteiger partial charge in [0.2, 0.25) is 0 Å². The third kappa shape index (κ3) is 4.41. The number of carbonyl (C=O) groups is 1. The summed E-state index contributed by atoms with van der Waals surface area (Å²) in [5, 5.41) is 6.75. The first-order valence-corrected chi connectivity index (χ1v) is 8.12. The molecule has 1 aromatic heterocycles. The van der Waals surface area contributed by atoms with Crippen LogP contribution in [0, 0.1) is 0 Å². The fourth-order valence-electron chi connectivity index (χ4n) is 2.23. The molecule has 0 unspecified atom stereocenters. The lowest BCUT2D eigenvalue weighted by molar-refractivity contribution is 0.102. The predicted molar refractivity (Wildman–Crippen MR) is 103 cm³/mol. The molecule has 4 N–H and O–H groups in total. The van der Waals surface area contributed by atoms with Crippen molar-refractivity contribution in [1.82, 2.24) is 4.98 Å². The lowest BCUT2D eigenvalue weighted by Gasteiger charge is -2.10. The summed E-state index contributed by atoms with van der Waals surface area (Å²) >= 11 is 11.9. The molecule has 1 heterocycles. The van der Waals surface area contributed by atoms with E-state index >= 15 is 0 Å². The monoisotopic (exact) mass is 372 g/mol. The Morgan fingerprint density at radius 2 is 1.72 bits per heavy atom. The Morgan fingerprint density at radius 3 is 2.44 bits per heavy atom. The van der Waals surface area contributed by atoms with Gasteiger partial charge in [0.05, 0.1) is 5.69 Å². The summed E-state index contributed by atoms with van der Waals surface area (Å²) in [5.41, 5.74) is 8.07. The maximum Gasteiger partial charge on any atom is 0.255 e. The van der Waals surface area contributed by atoms with Crippen LogP contribution < -0.4 is 16.4 Å². The van der Waals surface area contributed by atoms with E-state index in [1.807, 2.05) is 6.07 Å². The van der Waals surface area contributed by atoms with Crippen molar-refractivity contribution in [1.29, 1.82) is 0 Å². The standard InChI is InChI=1S/C18H14Cl2N4O/c19-12-8-13(20)10-15(9-12)24-18(25)11-3-1-4-14(7-11)23-17-16(21)5-2-6-22-17/h1-10H,21H2,(H,22,23)(H,24,25). The zero-order valence-corrected chi connectivity index (χ0v) is 14.5. The van der Waals surface area contributed by atoms with E-state index in [1.54, 1.807) is 54.7 Å². The van der Waals surface area contributed by atoms with Crippen LogP contribution in [0.3, 0.4) is 0 Å². The topological polar surface area (TPSA) is 80.0 Å². The van der Waals surface area contributed by atoms with E-state index in [4.69, 9.17) is 28.9 Å². The molecule has 1 amide bonds. The lowest BCUT2D eigenvalue weighted by Crippen LogP contribution is -2.12. The first kappa shape index (κ1) is 17.1. The van der Waals surface area contributed by atoms with Crippen molar-refractivity contribution in [2.45, 2.75) is 0 Å². The second-order valence-corrected chi connectivity index (χ2v) is 6.13. The first-order chi connectivity index (χ1) is 12.0. The van der Waals surface area contributed by atoms with Crippen LogP contribution in [0.25, 0.3) is 0 Å². The number of hydrogen-bond donors (Lipinski definition) is 3. The molecule has 7 heteroatoms. The number of anilines is 4. The number of hydrogen-bond acceptors (Lipinski definition) is 4. The van der Waals surface area contributed by atoms with Gasteiger partial charge in [0.15, 0.2) is 5.82 Å². The number of halogens is 2. The zero-order valence-electron chi connectivity index (χ0n) is 13.0. The van der Waals surface area contributed by atoms with Gasteiger partial charge in [-0.3, -0.25) is 4.79 Å². The Morgan fingerprint density at radius 1 is 0.960 bits per heavy atom. The number of nitrogens with one attached hydrogen (secondary N) is 2. The van der Waals surface area contributed by atoms with Gasteiger partial charge >= 0.3 is 0 Å². The molecule has 0 aliphatic rings. The van der Waals surface area contributed by atoms with E-state index in [0.717, 1.165) is 0 Å². The van der Waals surface area contributed by atoms with Crippen LogP contribution >= 0.6 is 23.2 Å². The molecule has 25 heavy (non-hydrogen) atoms. The molecule has 0 saturated carbocycles. The number of pyridine rings is 1. The van der Waals surface area contributed by atoms with Crippen LogP contribution in [0.1, 0.15) is 10.4 Å². The van der Waals surface area contributed by atoms with Gasteiger partial charge in [-0.1, -0.05) is 29.3 Å². The molecular weight excluding hydrogens is 359 g/mol.